The Morgan fingerprint density at radius 1 is 0.474 bits per heavy atom. The molecule has 0 rings (SSSR count). The van der Waals surface area contributed by atoms with Crippen LogP contribution in [0.4, 0.5) is 0 Å². The highest BCUT2D eigenvalue weighted by Gasteiger charge is 2.18. The Kier molecular flexibility index (Phi) is 46.1. The maximum Gasteiger partial charge on any atom is 0.305 e. The molecule has 0 radical (unpaired) electrons. The summed E-state index contributed by atoms with van der Waals surface area (Å²) in [6.07, 6.45) is 53.6. The molecule has 0 aromatic heterocycles. The molecule has 0 aliphatic carbocycles. The number of carbonyl (C=O) groups excluding carboxylic acids is 2. The van der Waals surface area contributed by atoms with E-state index in [9.17, 15) is 19.8 Å². The number of amides is 1. The highest BCUT2D eigenvalue weighted by Crippen LogP contribution is 2.16. The highest BCUT2D eigenvalue weighted by atomic mass is 16.5. The zero-order valence-electron chi connectivity index (χ0n) is 38.3. The molecule has 6 heteroatoms. The zero-order chi connectivity index (χ0) is 41.5. The van der Waals surface area contributed by atoms with Crippen LogP contribution >= 0.6 is 0 Å². The first-order valence-electron chi connectivity index (χ1n) is 25.5. The van der Waals surface area contributed by atoms with Crippen molar-refractivity contribution in [1.82, 2.24) is 5.32 Å². The molecule has 0 saturated carbocycles. The smallest absolute Gasteiger partial charge is 0.305 e. The molecule has 0 bridgehead atoms. The summed E-state index contributed by atoms with van der Waals surface area (Å²) in [6, 6.07) is -0.636. The molecule has 0 aromatic rings. The molecule has 3 N–H and O–H groups in total. The fraction of sp³-hybridized carbons (Fsp3) is 0.922. The number of unbranched alkanes of at least 4 members (excludes halogenated alkanes) is 36. The van der Waals surface area contributed by atoms with Crippen molar-refractivity contribution in [3.05, 3.63) is 12.2 Å². The van der Waals surface area contributed by atoms with Gasteiger partial charge in [-0.25, -0.2) is 0 Å². The minimum absolute atomic E-state index is 0.00684. The summed E-state index contributed by atoms with van der Waals surface area (Å²) in [6.45, 7) is 4.86. The van der Waals surface area contributed by atoms with Gasteiger partial charge in [0.15, 0.2) is 0 Å². The lowest BCUT2D eigenvalue weighted by Gasteiger charge is -2.20. The Bertz CT molecular complexity index is 847. The van der Waals surface area contributed by atoms with E-state index in [1.54, 1.807) is 6.08 Å². The normalized spacial score (nSPS) is 12.7. The van der Waals surface area contributed by atoms with E-state index in [4.69, 9.17) is 4.74 Å². The summed E-state index contributed by atoms with van der Waals surface area (Å²) >= 11 is 0. The number of rotatable bonds is 47. The third kappa shape index (κ3) is 44.0. The quantitative estimate of drug-likeness (QED) is 0.0323. The van der Waals surface area contributed by atoms with Crippen LogP contribution in [0, 0.1) is 0 Å². The molecule has 0 fully saturated rings. The van der Waals surface area contributed by atoms with Crippen LogP contribution in [0.1, 0.15) is 277 Å². The minimum Gasteiger partial charge on any atom is -0.466 e. The Balaban J connectivity index is 3.42. The molecule has 1 amide bonds. The molecule has 2 atom stereocenters. The number of ether oxygens (including phenoxy) is 1. The second kappa shape index (κ2) is 47.3. The lowest BCUT2D eigenvalue weighted by molar-refractivity contribution is -0.143. The van der Waals surface area contributed by atoms with Crippen LogP contribution in [0.25, 0.3) is 0 Å². The van der Waals surface area contributed by atoms with Crippen LogP contribution in [-0.2, 0) is 14.3 Å². The summed E-state index contributed by atoms with van der Waals surface area (Å²) < 4.78 is 5.47. The number of aliphatic hydroxyl groups excluding tert-OH is 2. The van der Waals surface area contributed by atoms with Gasteiger partial charge in [-0.1, -0.05) is 244 Å². The topological polar surface area (TPSA) is 95.9 Å². The van der Waals surface area contributed by atoms with Gasteiger partial charge in [-0.05, 0) is 32.1 Å². The Labute approximate surface area is 355 Å². The first-order valence-corrected chi connectivity index (χ1v) is 25.5. The molecule has 0 saturated heterocycles. The van der Waals surface area contributed by atoms with Crippen LogP contribution in [-0.4, -0.2) is 47.4 Å². The van der Waals surface area contributed by atoms with Crippen LogP contribution in [0.15, 0.2) is 12.2 Å². The maximum absolute atomic E-state index is 12.4. The largest absolute Gasteiger partial charge is 0.466 e. The first kappa shape index (κ1) is 55.6. The van der Waals surface area contributed by atoms with E-state index in [-0.39, 0.29) is 18.5 Å². The molecule has 2 unspecified atom stereocenters. The summed E-state index contributed by atoms with van der Waals surface area (Å²) in [5, 5.41) is 22.9. The van der Waals surface area contributed by atoms with Crippen molar-refractivity contribution in [1.29, 1.82) is 0 Å². The summed E-state index contributed by atoms with van der Waals surface area (Å²) in [4.78, 5) is 24.4. The van der Waals surface area contributed by atoms with Crippen molar-refractivity contribution in [2.24, 2.45) is 0 Å². The predicted octanol–water partition coefficient (Wildman–Crippen LogP) is 15.0. The Morgan fingerprint density at radius 2 is 0.807 bits per heavy atom. The van der Waals surface area contributed by atoms with Crippen LogP contribution in [0.3, 0.4) is 0 Å². The molecule has 338 valence electrons. The standard InChI is InChI=1S/C51H99NO5/c1-3-5-7-9-11-13-15-16-17-18-19-20-21-25-29-33-37-41-45-51(56)57-46-42-38-34-30-26-23-22-24-28-32-36-40-44-50(55)52-48(47-53)49(54)43-39-35-31-27-14-12-10-8-6-4-2/h39,43,48-49,53-54H,3-38,40-42,44-47H2,1-2H3,(H,52,55)/b43-39+. The maximum atomic E-state index is 12.4. The number of hydrogen-bond donors (Lipinski definition) is 3. The zero-order valence-corrected chi connectivity index (χ0v) is 38.3. The number of allylic oxidation sites excluding steroid dienone is 1. The van der Waals surface area contributed by atoms with E-state index >= 15 is 0 Å². The fourth-order valence-corrected chi connectivity index (χ4v) is 7.87. The van der Waals surface area contributed by atoms with Crippen LogP contribution < -0.4 is 5.32 Å². The van der Waals surface area contributed by atoms with Gasteiger partial charge in [0, 0.05) is 12.8 Å². The molecule has 0 heterocycles. The number of nitrogens with one attached hydrogen (secondary N) is 1. The molecular formula is C51H99NO5. The summed E-state index contributed by atoms with van der Waals surface area (Å²) in [5.74, 6) is -0.0914. The SMILES string of the molecule is CCCCCCCCCC/C=C/C(O)C(CO)NC(=O)CCCCCCCCCCCCCCOC(=O)CCCCCCCCCCCCCCCCCCCC. The van der Waals surface area contributed by atoms with Gasteiger partial charge in [-0.3, -0.25) is 9.59 Å². The van der Waals surface area contributed by atoms with E-state index in [0.717, 1.165) is 57.8 Å². The fourth-order valence-electron chi connectivity index (χ4n) is 7.87. The second-order valence-corrected chi connectivity index (χ2v) is 17.5. The number of esters is 1. The predicted molar refractivity (Wildman–Crippen MR) is 246 cm³/mol. The minimum atomic E-state index is -0.851. The van der Waals surface area contributed by atoms with Gasteiger partial charge in [-0.15, -0.1) is 0 Å². The number of carbonyl (C=O) groups is 2. The molecule has 0 aliphatic heterocycles. The van der Waals surface area contributed by atoms with Gasteiger partial charge in [0.2, 0.25) is 5.91 Å². The molecule has 0 aromatic carbocycles. The lowest BCUT2D eigenvalue weighted by Crippen LogP contribution is -2.45. The van der Waals surface area contributed by atoms with Gasteiger partial charge in [0.1, 0.15) is 0 Å². The van der Waals surface area contributed by atoms with Crippen LogP contribution in [0.5, 0.6) is 0 Å². The van der Waals surface area contributed by atoms with Crippen molar-refractivity contribution in [3.63, 3.8) is 0 Å². The summed E-state index contributed by atoms with van der Waals surface area (Å²) in [5.41, 5.74) is 0. The van der Waals surface area contributed by atoms with E-state index in [1.165, 1.54) is 193 Å². The Hall–Kier alpha value is -1.40. The van der Waals surface area contributed by atoms with E-state index < -0.39 is 12.1 Å². The van der Waals surface area contributed by atoms with Gasteiger partial charge in [-0.2, -0.15) is 0 Å². The van der Waals surface area contributed by atoms with Gasteiger partial charge < -0.3 is 20.3 Å². The van der Waals surface area contributed by atoms with Gasteiger partial charge >= 0.3 is 5.97 Å². The van der Waals surface area contributed by atoms with Crippen molar-refractivity contribution in [2.75, 3.05) is 13.2 Å². The average molecular weight is 806 g/mol. The van der Waals surface area contributed by atoms with Gasteiger partial charge in [0.05, 0.1) is 25.4 Å². The highest BCUT2D eigenvalue weighted by molar-refractivity contribution is 5.76. The number of hydrogen-bond acceptors (Lipinski definition) is 5. The third-order valence-corrected chi connectivity index (χ3v) is 11.8. The second-order valence-electron chi connectivity index (χ2n) is 17.5. The molecule has 0 aliphatic rings. The molecule has 6 nitrogen and oxygen atoms in total. The van der Waals surface area contributed by atoms with Crippen LogP contribution in [0.2, 0.25) is 0 Å². The van der Waals surface area contributed by atoms with E-state index in [2.05, 4.69) is 19.2 Å². The van der Waals surface area contributed by atoms with E-state index in [1.807, 2.05) is 6.08 Å². The molecule has 0 spiro atoms. The third-order valence-electron chi connectivity index (χ3n) is 11.8. The Morgan fingerprint density at radius 3 is 1.19 bits per heavy atom. The first-order chi connectivity index (χ1) is 28.0. The molecular weight excluding hydrogens is 707 g/mol. The summed E-state index contributed by atoms with van der Waals surface area (Å²) in [7, 11) is 0. The van der Waals surface area contributed by atoms with E-state index in [0.29, 0.717) is 19.4 Å². The van der Waals surface area contributed by atoms with Crippen molar-refractivity contribution in [3.8, 4) is 0 Å². The average Bonchev–Trinajstić information content (AvgIpc) is 3.21. The van der Waals surface area contributed by atoms with Crippen molar-refractivity contribution >= 4 is 11.9 Å². The molecule has 57 heavy (non-hydrogen) atoms. The van der Waals surface area contributed by atoms with Gasteiger partial charge in [0.25, 0.3) is 0 Å². The monoisotopic (exact) mass is 806 g/mol. The van der Waals surface area contributed by atoms with Crippen molar-refractivity contribution < 1.29 is 24.5 Å². The van der Waals surface area contributed by atoms with Crippen molar-refractivity contribution in [2.45, 2.75) is 289 Å². The lowest BCUT2D eigenvalue weighted by atomic mass is 10.0. The number of aliphatic hydroxyl groups is 2.